The molecular formula is C10H17F3N2O4S. The molecule has 0 radical (unpaired) electrons. The van der Waals surface area contributed by atoms with Crippen molar-refractivity contribution in [1.29, 1.82) is 0 Å². The van der Waals surface area contributed by atoms with Gasteiger partial charge in [-0.05, 0) is 12.8 Å². The van der Waals surface area contributed by atoms with Crippen LogP contribution in [0.3, 0.4) is 0 Å². The summed E-state index contributed by atoms with van der Waals surface area (Å²) in [5.74, 6) is -0.575. The molecule has 1 aliphatic heterocycles. The van der Waals surface area contributed by atoms with Crippen LogP contribution in [0.4, 0.5) is 13.2 Å². The lowest BCUT2D eigenvalue weighted by molar-refractivity contribution is -0.178. The second-order valence-corrected chi connectivity index (χ2v) is 6.46. The Morgan fingerprint density at radius 3 is 2.65 bits per heavy atom. The molecule has 0 aromatic rings. The summed E-state index contributed by atoms with van der Waals surface area (Å²) in [7, 11) is -3.38. The first-order chi connectivity index (χ1) is 9.07. The van der Waals surface area contributed by atoms with E-state index in [9.17, 15) is 26.4 Å². The number of carbonyl (C=O) groups is 1. The van der Waals surface area contributed by atoms with Crippen LogP contribution in [0.25, 0.3) is 0 Å². The van der Waals surface area contributed by atoms with Gasteiger partial charge in [-0.3, -0.25) is 4.79 Å². The fourth-order valence-electron chi connectivity index (χ4n) is 1.95. The maximum absolute atomic E-state index is 11.9. The van der Waals surface area contributed by atoms with Crippen LogP contribution in [-0.4, -0.2) is 64.0 Å². The van der Waals surface area contributed by atoms with Crippen molar-refractivity contribution in [1.82, 2.24) is 9.62 Å². The van der Waals surface area contributed by atoms with Gasteiger partial charge in [-0.1, -0.05) is 0 Å². The van der Waals surface area contributed by atoms with Gasteiger partial charge >= 0.3 is 6.18 Å². The molecule has 20 heavy (non-hydrogen) atoms. The molecule has 0 bridgehead atoms. The quantitative estimate of drug-likeness (QED) is 0.780. The van der Waals surface area contributed by atoms with E-state index in [1.165, 1.54) is 4.90 Å². The predicted molar refractivity (Wildman–Crippen MR) is 64.5 cm³/mol. The second kappa shape index (κ2) is 6.72. The molecule has 1 unspecified atom stereocenters. The second-order valence-electron chi connectivity index (χ2n) is 4.68. The van der Waals surface area contributed by atoms with Crippen LogP contribution in [0.1, 0.15) is 12.8 Å². The SMILES string of the molecule is CS(=O)(=O)NC1CCCN(C(=O)COCC(F)(F)F)C1. The van der Waals surface area contributed by atoms with Crippen molar-refractivity contribution in [2.45, 2.75) is 25.1 Å². The van der Waals surface area contributed by atoms with Gasteiger partial charge in [0.25, 0.3) is 0 Å². The summed E-state index contributed by atoms with van der Waals surface area (Å²) in [4.78, 5) is 13.0. The summed E-state index contributed by atoms with van der Waals surface area (Å²) in [5.41, 5.74) is 0. The summed E-state index contributed by atoms with van der Waals surface area (Å²) in [5, 5.41) is 0. The number of likely N-dealkylation sites (tertiary alicyclic amines) is 1. The molecule has 118 valence electrons. The maximum Gasteiger partial charge on any atom is 0.411 e. The zero-order valence-corrected chi connectivity index (χ0v) is 11.8. The van der Waals surface area contributed by atoms with E-state index in [1.807, 2.05) is 0 Å². The Morgan fingerprint density at radius 2 is 2.10 bits per heavy atom. The van der Waals surface area contributed by atoms with Crippen molar-refractivity contribution in [2.75, 3.05) is 32.6 Å². The number of hydrogen-bond donors (Lipinski definition) is 1. The number of alkyl halides is 3. The summed E-state index contributed by atoms with van der Waals surface area (Å²) >= 11 is 0. The van der Waals surface area contributed by atoms with Gasteiger partial charge < -0.3 is 9.64 Å². The zero-order valence-electron chi connectivity index (χ0n) is 10.9. The minimum absolute atomic E-state index is 0.140. The highest BCUT2D eigenvalue weighted by molar-refractivity contribution is 7.88. The number of piperidine rings is 1. The van der Waals surface area contributed by atoms with Crippen LogP contribution in [0.2, 0.25) is 0 Å². The smallest absolute Gasteiger partial charge is 0.362 e. The first kappa shape index (κ1) is 17.2. The van der Waals surface area contributed by atoms with Gasteiger partial charge in [0.2, 0.25) is 15.9 Å². The fraction of sp³-hybridized carbons (Fsp3) is 0.900. The molecular weight excluding hydrogens is 301 g/mol. The van der Waals surface area contributed by atoms with E-state index in [0.29, 0.717) is 19.4 Å². The van der Waals surface area contributed by atoms with Gasteiger partial charge in [0, 0.05) is 19.1 Å². The van der Waals surface area contributed by atoms with Crippen molar-refractivity contribution in [3.8, 4) is 0 Å². The third-order valence-corrected chi connectivity index (χ3v) is 3.41. The van der Waals surface area contributed by atoms with E-state index in [2.05, 4.69) is 9.46 Å². The lowest BCUT2D eigenvalue weighted by Gasteiger charge is -2.32. The third kappa shape index (κ3) is 7.06. The molecule has 6 nitrogen and oxygen atoms in total. The summed E-state index contributed by atoms with van der Waals surface area (Å²) in [6, 6.07) is -0.412. The van der Waals surface area contributed by atoms with E-state index < -0.39 is 41.4 Å². The molecule has 1 atom stereocenters. The Hall–Kier alpha value is -0.870. The van der Waals surface area contributed by atoms with E-state index >= 15 is 0 Å². The largest absolute Gasteiger partial charge is 0.411 e. The van der Waals surface area contributed by atoms with E-state index in [-0.39, 0.29) is 6.54 Å². The molecule has 0 aliphatic carbocycles. The number of ether oxygens (including phenoxy) is 1. The van der Waals surface area contributed by atoms with Crippen LogP contribution < -0.4 is 4.72 Å². The highest BCUT2D eigenvalue weighted by Crippen LogP contribution is 2.15. The van der Waals surface area contributed by atoms with Gasteiger partial charge in [-0.15, -0.1) is 0 Å². The molecule has 1 N–H and O–H groups in total. The first-order valence-corrected chi connectivity index (χ1v) is 7.85. The van der Waals surface area contributed by atoms with Gasteiger partial charge in [-0.2, -0.15) is 13.2 Å². The van der Waals surface area contributed by atoms with E-state index in [4.69, 9.17) is 0 Å². The Morgan fingerprint density at radius 1 is 1.45 bits per heavy atom. The van der Waals surface area contributed by atoms with Gasteiger partial charge in [0.1, 0.15) is 13.2 Å². The van der Waals surface area contributed by atoms with Crippen LogP contribution in [0.5, 0.6) is 0 Å². The number of rotatable bonds is 5. The van der Waals surface area contributed by atoms with Gasteiger partial charge in [0.15, 0.2) is 0 Å². The number of amides is 1. The highest BCUT2D eigenvalue weighted by atomic mass is 32.2. The Bertz CT molecular complexity index is 438. The maximum atomic E-state index is 11.9. The minimum atomic E-state index is -4.47. The number of halogens is 3. The molecule has 1 aliphatic rings. The standard InChI is InChI=1S/C10H17F3N2O4S/c1-20(17,18)14-8-3-2-4-15(5-8)9(16)6-19-7-10(11,12)13/h8,14H,2-7H2,1H3. The van der Waals surface area contributed by atoms with Gasteiger partial charge in [0.05, 0.1) is 6.26 Å². The zero-order chi connectivity index (χ0) is 15.4. The normalized spacial score (nSPS) is 21.0. The highest BCUT2D eigenvalue weighted by Gasteiger charge is 2.29. The van der Waals surface area contributed by atoms with Crippen LogP contribution in [-0.2, 0) is 19.6 Å². The molecule has 1 saturated heterocycles. The number of nitrogens with zero attached hydrogens (tertiary/aromatic N) is 1. The van der Waals surface area contributed by atoms with E-state index in [0.717, 1.165) is 6.26 Å². The fourth-order valence-corrected chi connectivity index (χ4v) is 2.75. The molecule has 1 rings (SSSR count). The summed E-state index contributed by atoms with van der Waals surface area (Å²) in [6.45, 7) is -1.61. The molecule has 1 fully saturated rings. The topological polar surface area (TPSA) is 75.7 Å². The van der Waals surface area contributed by atoms with E-state index in [1.54, 1.807) is 0 Å². The van der Waals surface area contributed by atoms with Crippen molar-refractivity contribution in [2.24, 2.45) is 0 Å². The lowest BCUT2D eigenvalue weighted by atomic mass is 10.1. The molecule has 0 spiro atoms. The van der Waals surface area contributed by atoms with Crippen molar-refractivity contribution in [3.63, 3.8) is 0 Å². The number of sulfonamides is 1. The van der Waals surface area contributed by atoms with Crippen molar-refractivity contribution < 1.29 is 31.1 Å². The van der Waals surface area contributed by atoms with Crippen LogP contribution >= 0.6 is 0 Å². The lowest BCUT2D eigenvalue weighted by Crippen LogP contribution is -2.50. The Kier molecular flexibility index (Phi) is 5.78. The molecule has 1 amide bonds. The minimum Gasteiger partial charge on any atom is -0.362 e. The van der Waals surface area contributed by atoms with Gasteiger partial charge in [-0.25, -0.2) is 13.1 Å². The van der Waals surface area contributed by atoms with Crippen molar-refractivity contribution in [3.05, 3.63) is 0 Å². The number of carbonyl (C=O) groups excluding carboxylic acids is 1. The average Bonchev–Trinajstić information content (AvgIpc) is 2.25. The monoisotopic (exact) mass is 318 g/mol. The molecule has 0 aromatic carbocycles. The summed E-state index contributed by atoms with van der Waals surface area (Å²) < 4.78 is 64.5. The summed E-state index contributed by atoms with van der Waals surface area (Å²) in [6.07, 6.45) is -2.29. The van der Waals surface area contributed by atoms with Crippen LogP contribution in [0.15, 0.2) is 0 Å². The number of nitrogens with one attached hydrogen (secondary N) is 1. The molecule has 10 heteroatoms. The average molecular weight is 318 g/mol. The Balaban J connectivity index is 2.40. The third-order valence-electron chi connectivity index (χ3n) is 2.65. The Labute approximate surface area is 115 Å². The predicted octanol–water partition coefficient (Wildman–Crippen LogP) is 0.105. The first-order valence-electron chi connectivity index (χ1n) is 5.96. The number of hydrogen-bond acceptors (Lipinski definition) is 4. The molecule has 1 heterocycles. The molecule has 0 saturated carbocycles. The van der Waals surface area contributed by atoms with Crippen LogP contribution in [0, 0.1) is 0 Å². The van der Waals surface area contributed by atoms with Crippen molar-refractivity contribution >= 4 is 15.9 Å². The molecule has 0 aromatic heterocycles.